The van der Waals surface area contributed by atoms with Gasteiger partial charge >= 0.3 is 5.97 Å². The van der Waals surface area contributed by atoms with Gasteiger partial charge in [0.1, 0.15) is 16.8 Å². The summed E-state index contributed by atoms with van der Waals surface area (Å²) < 4.78 is 5.13. The fourth-order valence-corrected chi connectivity index (χ4v) is 5.80. The first-order chi connectivity index (χ1) is 16.5. The summed E-state index contributed by atoms with van der Waals surface area (Å²) in [6.45, 7) is 3.96. The Labute approximate surface area is 212 Å². The van der Waals surface area contributed by atoms with Gasteiger partial charge in [0.05, 0.1) is 17.2 Å². The summed E-state index contributed by atoms with van der Waals surface area (Å²) in [6, 6.07) is 11.9. The number of allylic oxidation sites excluding steroid dienone is 1. The lowest BCUT2D eigenvalue weighted by molar-refractivity contribution is -0.138. The molecule has 1 amide bonds. The zero-order chi connectivity index (χ0) is 25.3. The van der Waals surface area contributed by atoms with Crippen LogP contribution in [0.25, 0.3) is 0 Å². The summed E-state index contributed by atoms with van der Waals surface area (Å²) in [4.78, 5) is 42.7. The van der Waals surface area contributed by atoms with Gasteiger partial charge in [-0.2, -0.15) is 0 Å². The van der Waals surface area contributed by atoms with Crippen LogP contribution in [0.4, 0.5) is 11.4 Å². The number of rotatable bonds is 2. The van der Waals surface area contributed by atoms with Gasteiger partial charge in [-0.15, -0.1) is 0 Å². The van der Waals surface area contributed by atoms with E-state index in [1.165, 1.54) is 7.11 Å². The molecular weight excluding hydrogens is 489 g/mol. The van der Waals surface area contributed by atoms with Gasteiger partial charge in [-0.05, 0) is 36.1 Å². The summed E-state index contributed by atoms with van der Waals surface area (Å²) in [5.41, 5.74) is 6.76. The highest BCUT2D eigenvalue weighted by molar-refractivity contribution is 6.42. The lowest BCUT2D eigenvalue weighted by Crippen LogP contribution is -2.54. The highest BCUT2D eigenvalue weighted by Gasteiger charge is 2.62. The van der Waals surface area contributed by atoms with Gasteiger partial charge in [0, 0.05) is 34.6 Å². The first-order valence-corrected chi connectivity index (χ1v) is 11.8. The molecule has 3 aliphatic rings. The minimum atomic E-state index is -1.73. The number of ether oxygens (including phenoxy) is 1. The molecule has 0 aromatic heterocycles. The number of benzene rings is 2. The van der Waals surface area contributed by atoms with Crippen molar-refractivity contribution in [3.63, 3.8) is 0 Å². The van der Waals surface area contributed by atoms with E-state index in [1.54, 1.807) is 47.4 Å². The van der Waals surface area contributed by atoms with Crippen LogP contribution in [0, 0.1) is 5.41 Å². The number of nitrogens with zero attached hydrogens (tertiary/aromatic N) is 1. The molecule has 9 heteroatoms. The van der Waals surface area contributed by atoms with Crippen molar-refractivity contribution in [2.45, 2.75) is 32.1 Å². The second-order valence-corrected chi connectivity index (χ2v) is 10.5. The van der Waals surface area contributed by atoms with Gasteiger partial charge in [-0.25, -0.2) is 4.79 Å². The number of hydrogen-bond acceptors (Lipinski definition) is 6. The van der Waals surface area contributed by atoms with Crippen LogP contribution >= 0.6 is 23.2 Å². The minimum absolute atomic E-state index is 0.00802. The lowest BCUT2D eigenvalue weighted by atomic mass is 9.60. The first kappa shape index (κ1) is 23.5. The monoisotopic (exact) mass is 511 g/mol. The number of ketones is 1. The van der Waals surface area contributed by atoms with Gasteiger partial charge in [0.2, 0.25) is 5.91 Å². The maximum atomic E-state index is 13.9. The Morgan fingerprint density at radius 2 is 1.80 bits per heavy atom. The normalized spacial score (nSPS) is 22.8. The molecule has 0 saturated carbocycles. The molecule has 0 radical (unpaired) electrons. The fourth-order valence-electron chi connectivity index (χ4n) is 5.51. The van der Waals surface area contributed by atoms with Crippen molar-refractivity contribution in [1.29, 1.82) is 0 Å². The maximum Gasteiger partial charge on any atom is 0.339 e. The quantitative estimate of drug-likeness (QED) is 0.567. The van der Waals surface area contributed by atoms with Crippen molar-refractivity contribution < 1.29 is 19.1 Å². The van der Waals surface area contributed by atoms with Gasteiger partial charge in [-0.1, -0.05) is 55.2 Å². The molecule has 1 aliphatic carbocycles. The van der Waals surface area contributed by atoms with Gasteiger partial charge in [-0.3, -0.25) is 14.5 Å². The third-order valence-electron chi connectivity index (χ3n) is 6.84. The van der Waals surface area contributed by atoms with E-state index in [-0.39, 0.29) is 34.2 Å². The summed E-state index contributed by atoms with van der Waals surface area (Å²) in [5.74, 6) is -1.56. The molecule has 2 aromatic carbocycles. The molecule has 7 nitrogen and oxygen atoms in total. The number of anilines is 2. The summed E-state index contributed by atoms with van der Waals surface area (Å²) in [5, 5.41) is 3.48. The van der Waals surface area contributed by atoms with Crippen molar-refractivity contribution in [2.24, 2.45) is 11.1 Å². The molecule has 2 heterocycles. The molecule has 0 saturated heterocycles. The number of amides is 1. The fraction of sp³-hybridized carbons (Fsp3) is 0.269. The molecule has 2 aromatic rings. The van der Waals surface area contributed by atoms with Crippen LogP contribution in [0.15, 0.2) is 65.1 Å². The third kappa shape index (κ3) is 3.22. The molecule has 1 atom stereocenters. The SMILES string of the molecule is COC(=O)C1=C(N)N(c2ccc(Cl)c(Cl)c2)C2=C(C(=O)CC(C)(C)C2)C12C(=O)Nc1ccccc12. The van der Waals surface area contributed by atoms with Crippen LogP contribution in [-0.2, 0) is 24.5 Å². The molecule has 35 heavy (non-hydrogen) atoms. The predicted molar refractivity (Wildman–Crippen MR) is 134 cm³/mol. The van der Waals surface area contributed by atoms with E-state index in [9.17, 15) is 14.4 Å². The van der Waals surface area contributed by atoms with E-state index < -0.39 is 22.7 Å². The number of hydrogen-bond donors (Lipinski definition) is 2. The van der Waals surface area contributed by atoms with Gasteiger partial charge in [0.25, 0.3) is 0 Å². The average molecular weight is 512 g/mol. The minimum Gasteiger partial charge on any atom is -0.466 e. The van der Waals surface area contributed by atoms with Crippen LogP contribution in [-0.4, -0.2) is 24.8 Å². The second kappa shape index (κ2) is 7.86. The molecule has 1 spiro atoms. The van der Waals surface area contributed by atoms with Crippen molar-refractivity contribution in [3.8, 4) is 0 Å². The summed E-state index contributed by atoms with van der Waals surface area (Å²) >= 11 is 12.5. The number of carbonyl (C=O) groups is 3. The Morgan fingerprint density at radius 1 is 1.09 bits per heavy atom. The molecular formula is C26H23Cl2N3O4. The van der Waals surface area contributed by atoms with E-state index >= 15 is 0 Å². The largest absolute Gasteiger partial charge is 0.466 e. The lowest BCUT2D eigenvalue weighted by Gasteiger charge is -2.47. The number of carbonyl (C=O) groups excluding carboxylic acids is 3. The second-order valence-electron chi connectivity index (χ2n) is 9.70. The van der Waals surface area contributed by atoms with Gasteiger partial charge in [0.15, 0.2) is 5.78 Å². The number of halogens is 2. The van der Waals surface area contributed by atoms with Crippen LogP contribution in [0.5, 0.6) is 0 Å². The van der Waals surface area contributed by atoms with E-state index in [0.29, 0.717) is 34.1 Å². The standard InChI is InChI=1S/C26H23Cl2N3O4/c1-25(2)11-18-20(19(32)12-25)26(14-6-4-5-7-17(14)30-24(26)34)21(23(33)35-3)22(29)31(18)13-8-9-15(27)16(28)10-13/h4-10H,11-12,29H2,1-3H3,(H,30,34). The summed E-state index contributed by atoms with van der Waals surface area (Å²) in [7, 11) is 1.22. The predicted octanol–water partition coefficient (Wildman–Crippen LogP) is 4.69. The number of nitrogens with two attached hydrogens (primary N) is 1. The van der Waals surface area contributed by atoms with Crippen LogP contribution in [0.2, 0.25) is 10.0 Å². The number of nitrogens with one attached hydrogen (secondary N) is 1. The number of esters is 1. The van der Waals surface area contributed by atoms with Crippen LogP contribution < -0.4 is 16.0 Å². The van der Waals surface area contributed by atoms with E-state index in [0.717, 1.165) is 0 Å². The number of Topliss-reactive ketones (excluding diaryl/α,β-unsaturated/α-hetero) is 1. The van der Waals surface area contributed by atoms with Crippen molar-refractivity contribution in [1.82, 2.24) is 0 Å². The van der Waals surface area contributed by atoms with E-state index in [1.807, 2.05) is 13.8 Å². The Morgan fingerprint density at radius 3 is 2.49 bits per heavy atom. The van der Waals surface area contributed by atoms with E-state index in [4.69, 9.17) is 33.7 Å². The molecule has 1 unspecified atom stereocenters. The molecule has 0 bridgehead atoms. The number of methoxy groups -OCH3 is 1. The topological polar surface area (TPSA) is 102 Å². The molecule has 180 valence electrons. The number of fused-ring (bicyclic) bond motifs is 3. The van der Waals surface area contributed by atoms with Crippen molar-refractivity contribution in [2.75, 3.05) is 17.3 Å². The van der Waals surface area contributed by atoms with Crippen LogP contribution in [0.1, 0.15) is 32.3 Å². The first-order valence-electron chi connectivity index (χ1n) is 11.0. The molecule has 2 aliphatic heterocycles. The molecule has 5 rings (SSSR count). The van der Waals surface area contributed by atoms with Gasteiger partial charge < -0.3 is 15.8 Å². The Balaban J connectivity index is 1.93. The Hall–Kier alpha value is -3.29. The van der Waals surface area contributed by atoms with Crippen molar-refractivity contribution >= 4 is 52.2 Å². The summed E-state index contributed by atoms with van der Waals surface area (Å²) in [6.07, 6.45) is 0.632. The molecule has 0 fully saturated rings. The molecule has 3 N–H and O–H groups in total. The number of para-hydroxylation sites is 1. The highest BCUT2D eigenvalue weighted by Crippen LogP contribution is 2.57. The maximum absolute atomic E-state index is 13.9. The smallest absolute Gasteiger partial charge is 0.339 e. The zero-order valence-electron chi connectivity index (χ0n) is 19.4. The van der Waals surface area contributed by atoms with Crippen LogP contribution in [0.3, 0.4) is 0 Å². The average Bonchev–Trinajstić information content (AvgIpc) is 3.07. The van der Waals surface area contributed by atoms with Crippen molar-refractivity contribution in [3.05, 3.63) is 80.7 Å². The highest BCUT2D eigenvalue weighted by atomic mass is 35.5. The Kier molecular flexibility index (Phi) is 5.27. The van der Waals surface area contributed by atoms with E-state index in [2.05, 4.69) is 5.32 Å². The Bertz CT molecular complexity index is 1390. The third-order valence-corrected chi connectivity index (χ3v) is 7.58. The zero-order valence-corrected chi connectivity index (χ0v) is 20.9.